The van der Waals surface area contributed by atoms with Crippen LogP contribution in [-0.2, 0) is 0 Å². The van der Waals surface area contributed by atoms with Gasteiger partial charge in [-0.2, -0.15) is 0 Å². The van der Waals surface area contributed by atoms with E-state index in [1.54, 1.807) is 36.4 Å². The van der Waals surface area contributed by atoms with Gasteiger partial charge in [0.2, 0.25) is 0 Å². The molecular formula is C13H13N3O2. The monoisotopic (exact) mass is 243 g/mol. The lowest BCUT2D eigenvalue weighted by atomic mass is 10.3. The van der Waals surface area contributed by atoms with Gasteiger partial charge in [0.15, 0.2) is 0 Å². The molecule has 92 valence electrons. The van der Waals surface area contributed by atoms with Gasteiger partial charge in [-0.05, 0) is 36.4 Å². The standard InChI is InChI=1S/C13H13N3O2/c14-9-4-6-10(7-5-9)15-13(18)16-11-2-1-3-12(17)8-11/h1-8,17H,14H2,(H2,15,16,18). The Morgan fingerprint density at radius 1 is 1.00 bits per heavy atom. The molecule has 0 aliphatic carbocycles. The van der Waals surface area contributed by atoms with Gasteiger partial charge in [0.1, 0.15) is 5.75 Å². The van der Waals surface area contributed by atoms with Crippen LogP contribution in [0.2, 0.25) is 0 Å². The van der Waals surface area contributed by atoms with E-state index in [1.165, 1.54) is 12.1 Å². The summed E-state index contributed by atoms with van der Waals surface area (Å²) in [5.41, 5.74) is 7.33. The first kappa shape index (κ1) is 11.8. The first-order valence-corrected chi connectivity index (χ1v) is 5.36. The third-order valence-electron chi connectivity index (χ3n) is 2.27. The zero-order chi connectivity index (χ0) is 13.0. The van der Waals surface area contributed by atoms with E-state index in [0.29, 0.717) is 17.1 Å². The average molecular weight is 243 g/mol. The second-order valence-corrected chi connectivity index (χ2v) is 3.75. The molecule has 0 fully saturated rings. The maximum absolute atomic E-state index is 11.6. The number of rotatable bonds is 2. The highest BCUT2D eigenvalue weighted by molar-refractivity contribution is 5.99. The minimum Gasteiger partial charge on any atom is -0.508 e. The highest BCUT2D eigenvalue weighted by atomic mass is 16.3. The number of benzene rings is 2. The number of nitrogens with two attached hydrogens (primary N) is 1. The van der Waals surface area contributed by atoms with E-state index in [2.05, 4.69) is 10.6 Å². The number of urea groups is 1. The first-order chi connectivity index (χ1) is 8.63. The normalized spacial score (nSPS) is 9.78. The number of anilines is 3. The van der Waals surface area contributed by atoms with Gasteiger partial charge in [-0.3, -0.25) is 0 Å². The summed E-state index contributed by atoms with van der Waals surface area (Å²) in [6.45, 7) is 0. The van der Waals surface area contributed by atoms with Gasteiger partial charge < -0.3 is 21.5 Å². The van der Waals surface area contributed by atoms with Crippen LogP contribution in [0.4, 0.5) is 21.9 Å². The van der Waals surface area contributed by atoms with E-state index in [0.717, 1.165) is 0 Å². The molecule has 0 aromatic heterocycles. The molecule has 0 spiro atoms. The Balaban J connectivity index is 1.98. The molecule has 5 N–H and O–H groups in total. The van der Waals surface area contributed by atoms with Crippen LogP contribution >= 0.6 is 0 Å². The number of amides is 2. The minimum absolute atomic E-state index is 0.0975. The maximum atomic E-state index is 11.6. The second-order valence-electron chi connectivity index (χ2n) is 3.75. The van der Waals surface area contributed by atoms with Crippen molar-refractivity contribution in [2.45, 2.75) is 0 Å². The number of hydrogen-bond acceptors (Lipinski definition) is 3. The predicted molar refractivity (Wildman–Crippen MR) is 71.6 cm³/mol. The third kappa shape index (κ3) is 3.15. The molecule has 0 atom stereocenters. The summed E-state index contributed by atoms with van der Waals surface area (Å²) in [4.78, 5) is 11.6. The van der Waals surface area contributed by atoms with E-state index in [4.69, 9.17) is 5.73 Å². The van der Waals surface area contributed by atoms with Crippen LogP contribution in [0, 0.1) is 0 Å². The topological polar surface area (TPSA) is 87.4 Å². The molecule has 0 heterocycles. The van der Waals surface area contributed by atoms with Crippen molar-refractivity contribution in [3.8, 4) is 5.75 Å². The molecule has 5 nitrogen and oxygen atoms in total. The Morgan fingerprint density at radius 2 is 1.67 bits per heavy atom. The van der Waals surface area contributed by atoms with Gasteiger partial charge in [-0.1, -0.05) is 6.07 Å². The Labute approximate surface area is 104 Å². The summed E-state index contributed by atoms with van der Waals surface area (Å²) in [6, 6.07) is 12.7. The molecule has 2 amide bonds. The lowest BCUT2D eigenvalue weighted by Gasteiger charge is -2.08. The molecule has 0 unspecified atom stereocenters. The number of carbonyl (C=O) groups is 1. The van der Waals surface area contributed by atoms with Crippen molar-refractivity contribution in [2.24, 2.45) is 0 Å². The molecule has 5 heteroatoms. The molecule has 0 bridgehead atoms. The lowest BCUT2D eigenvalue weighted by Crippen LogP contribution is -2.19. The minimum atomic E-state index is -0.384. The van der Waals surface area contributed by atoms with Crippen LogP contribution < -0.4 is 16.4 Å². The van der Waals surface area contributed by atoms with Gasteiger partial charge >= 0.3 is 6.03 Å². The van der Waals surface area contributed by atoms with Gasteiger partial charge in [-0.25, -0.2) is 4.79 Å². The zero-order valence-corrected chi connectivity index (χ0v) is 9.55. The number of hydrogen-bond donors (Lipinski definition) is 4. The fourth-order valence-corrected chi connectivity index (χ4v) is 1.44. The Hall–Kier alpha value is -2.69. The number of carbonyl (C=O) groups excluding carboxylic acids is 1. The van der Waals surface area contributed by atoms with Crippen LogP contribution in [0.25, 0.3) is 0 Å². The number of nitrogens with one attached hydrogen (secondary N) is 2. The van der Waals surface area contributed by atoms with Crippen molar-refractivity contribution in [3.05, 3.63) is 48.5 Å². The van der Waals surface area contributed by atoms with Crippen LogP contribution in [0.1, 0.15) is 0 Å². The van der Waals surface area contributed by atoms with Gasteiger partial charge in [-0.15, -0.1) is 0 Å². The van der Waals surface area contributed by atoms with Crippen molar-refractivity contribution in [1.29, 1.82) is 0 Å². The highest BCUT2D eigenvalue weighted by Gasteiger charge is 2.02. The highest BCUT2D eigenvalue weighted by Crippen LogP contribution is 2.16. The number of nitrogen functional groups attached to an aromatic ring is 1. The fraction of sp³-hybridized carbons (Fsp3) is 0. The lowest BCUT2D eigenvalue weighted by molar-refractivity contribution is 0.262. The summed E-state index contributed by atoms with van der Waals surface area (Å²) < 4.78 is 0. The van der Waals surface area contributed by atoms with Crippen LogP contribution in [0.15, 0.2) is 48.5 Å². The van der Waals surface area contributed by atoms with Gasteiger partial charge in [0.05, 0.1) is 0 Å². The van der Waals surface area contributed by atoms with Crippen LogP contribution in [0.3, 0.4) is 0 Å². The zero-order valence-electron chi connectivity index (χ0n) is 9.55. The predicted octanol–water partition coefficient (Wildman–Crippen LogP) is 2.62. The molecule has 18 heavy (non-hydrogen) atoms. The molecule has 2 aromatic rings. The van der Waals surface area contributed by atoms with E-state index >= 15 is 0 Å². The van der Waals surface area contributed by atoms with Crippen molar-refractivity contribution in [3.63, 3.8) is 0 Å². The molecule has 0 aliphatic rings. The largest absolute Gasteiger partial charge is 0.508 e. The number of phenolic OH excluding ortho intramolecular Hbond substituents is 1. The number of aromatic hydroxyl groups is 1. The fourth-order valence-electron chi connectivity index (χ4n) is 1.44. The van der Waals surface area contributed by atoms with Gasteiger partial charge in [0, 0.05) is 23.1 Å². The SMILES string of the molecule is Nc1ccc(NC(=O)Nc2cccc(O)c2)cc1. The molecule has 0 saturated carbocycles. The summed E-state index contributed by atoms with van der Waals surface area (Å²) in [5.74, 6) is 0.0975. The maximum Gasteiger partial charge on any atom is 0.323 e. The first-order valence-electron chi connectivity index (χ1n) is 5.36. The second kappa shape index (κ2) is 5.09. The Morgan fingerprint density at radius 3 is 2.33 bits per heavy atom. The summed E-state index contributed by atoms with van der Waals surface area (Å²) in [6.07, 6.45) is 0. The average Bonchev–Trinajstić information content (AvgIpc) is 2.32. The van der Waals surface area contributed by atoms with Crippen LogP contribution in [-0.4, -0.2) is 11.1 Å². The molecule has 0 saturated heterocycles. The smallest absolute Gasteiger partial charge is 0.323 e. The quantitative estimate of drug-likeness (QED) is 0.611. The van der Waals surface area contributed by atoms with Crippen molar-refractivity contribution in [2.75, 3.05) is 16.4 Å². The van der Waals surface area contributed by atoms with Crippen molar-refractivity contribution in [1.82, 2.24) is 0 Å². The summed E-state index contributed by atoms with van der Waals surface area (Å²) >= 11 is 0. The van der Waals surface area contributed by atoms with Crippen molar-refractivity contribution < 1.29 is 9.90 Å². The van der Waals surface area contributed by atoms with E-state index in [9.17, 15) is 9.90 Å². The Kier molecular flexibility index (Phi) is 3.33. The van der Waals surface area contributed by atoms with E-state index < -0.39 is 0 Å². The molecule has 0 radical (unpaired) electrons. The molecular weight excluding hydrogens is 230 g/mol. The van der Waals surface area contributed by atoms with Crippen LogP contribution in [0.5, 0.6) is 5.75 Å². The van der Waals surface area contributed by atoms with E-state index in [1.807, 2.05) is 0 Å². The molecule has 2 rings (SSSR count). The number of phenols is 1. The van der Waals surface area contributed by atoms with E-state index in [-0.39, 0.29) is 11.8 Å². The molecule has 0 aliphatic heterocycles. The summed E-state index contributed by atoms with van der Waals surface area (Å²) in [7, 11) is 0. The molecule has 2 aromatic carbocycles. The third-order valence-corrected chi connectivity index (χ3v) is 2.27. The Bertz CT molecular complexity index is 552. The van der Waals surface area contributed by atoms with Crippen molar-refractivity contribution >= 4 is 23.1 Å². The summed E-state index contributed by atoms with van der Waals surface area (Å²) in [5, 5.41) is 14.5. The van der Waals surface area contributed by atoms with Gasteiger partial charge in [0.25, 0.3) is 0 Å².